The fourth-order valence-corrected chi connectivity index (χ4v) is 3.64. The fraction of sp³-hybridized carbons (Fsp3) is 0.600. The van der Waals surface area contributed by atoms with Crippen LogP contribution in [0.15, 0.2) is 29.2 Å². The Balaban J connectivity index is 2.07. The minimum atomic E-state index is -3.13. The quantitative estimate of drug-likeness (QED) is 0.876. The largest absolute Gasteiger partial charge is 0.396 e. The van der Waals surface area contributed by atoms with Gasteiger partial charge in [0, 0.05) is 24.3 Å². The average molecular weight is 297 g/mol. The second-order valence-corrected chi connectivity index (χ2v) is 7.68. The minimum Gasteiger partial charge on any atom is -0.396 e. The highest BCUT2D eigenvalue weighted by Crippen LogP contribution is 2.27. The van der Waals surface area contributed by atoms with Gasteiger partial charge >= 0.3 is 0 Å². The summed E-state index contributed by atoms with van der Waals surface area (Å²) < 4.78 is 23.5. The summed E-state index contributed by atoms with van der Waals surface area (Å²) in [7, 11) is -3.13. The van der Waals surface area contributed by atoms with Crippen LogP contribution in [0.5, 0.6) is 0 Å². The average Bonchev–Trinajstić information content (AvgIpc) is 2.48. The Hall–Kier alpha value is -1.07. The van der Waals surface area contributed by atoms with E-state index in [1.165, 1.54) is 12.8 Å². The first-order valence-corrected chi connectivity index (χ1v) is 8.92. The summed E-state index contributed by atoms with van der Waals surface area (Å²) in [6.45, 7) is 1.86. The zero-order valence-corrected chi connectivity index (χ0v) is 12.7. The highest BCUT2D eigenvalue weighted by atomic mass is 32.2. The van der Waals surface area contributed by atoms with E-state index in [9.17, 15) is 13.5 Å². The molecule has 0 amide bonds. The zero-order chi connectivity index (χ0) is 14.6. The van der Waals surface area contributed by atoms with Crippen molar-refractivity contribution in [2.75, 3.05) is 17.7 Å². The van der Waals surface area contributed by atoms with E-state index >= 15 is 0 Å². The smallest absolute Gasteiger partial charge is 0.178 e. The van der Waals surface area contributed by atoms with E-state index in [4.69, 9.17) is 0 Å². The van der Waals surface area contributed by atoms with Crippen LogP contribution in [0.25, 0.3) is 0 Å². The minimum absolute atomic E-state index is 0.120. The first-order valence-electron chi connectivity index (χ1n) is 7.27. The van der Waals surface area contributed by atoms with Gasteiger partial charge in [0.15, 0.2) is 9.84 Å². The summed E-state index contributed by atoms with van der Waals surface area (Å²) in [4.78, 5) is 0.368. The molecule has 1 saturated carbocycles. The highest BCUT2D eigenvalue weighted by molar-refractivity contribution is 7.91. The number of benzene rings is 1. The molecule has 1 aromatic rings. The molecule has 0 bridgehead atoms. The van der Waals surface area contributed by atoms with Gasteiger partial charge in [-0.15, -0.1) is 0 Å². The van der Waals surface area contributed by atoms with Crippen LogP contribution in [0.1, 0.15) is 32.6 Å². The number of aliphatic hydroxyl groups is 1. The SMILES string of the molecule is CCS(=O)(=O)c1ccc(NC2CCCCC2CO)cc1. The van der Waals surface area contributed by atoms with E-state index in [0.717, 1.165) is 18.5 Å². The summed E-state index contributed by atoms with van der Waals surface area (Å²) in [5.41, 5.74) is 0.922. The maximum Gasteiger partial charge on any atom is 0.178 e. The molecule has 0 saturated heterocycles. The Kier molecular flexibility index (Phi) is 5.05. The predicted octanol–water partition coefficient (Wildman–Crippen LogP) is 2.44. The van der Waals surface area contributed by atoms with Gasteiger partial charge in [-0.05, 0) is 37.1 Å². The number of nitrogens with one attached hydrogen (secondary N) is 1. The van der Waals surface area contributed by atoms with Crippen molar-refractivity contribution >= 4 is 15.5 Å². The maximum absolute atomic E-state index is 11.7. The molecule has 0 spiro atoms. The molecule has 0 radical (unpaired) electrons. The molecule has 4 nitrogen and oxygen atoms in total. The molecular weight excluding hydrogens is 274 g/mol. The van der Waals surface area contributed by atoms with E-state index in [1.807, 2.05) is 12.1 Å². The monoisotopic (exact) mass is 297 g/mol. The molecule has 1 aromatic carbocycles. The second-order valence-electron chi connectivity index (χ2n) is 5.41. The van der Waals surface area contributed by atoms with E-state index in [-0.39, 0.29) is 18.4 Å². The molecule has 0 aromatic heterocycles. The standard InChI is InChI=1S/C15H23NO3S/c1-2-20(18,19)14-9-7-13(8-10-14)16-15-6-4-3-5-12(15)11-17/h7-10,12,15-17H,2-6,11H2,1H3. The van der Waals surface area contributed by atoms with Gasteiger partial charge in [0.1, 0.15) is 0 Å². The lowest BCUT2D eigenvalue weighted by Crippen LogP contribution is -2.34. The summed E-state index contributed by atoms with van der Waals surface area (Å²) in [5.74, 6) is 0.414. The lowest BCUT2D eigenvalue weighted by atomic mass is 9.85. The normalized spacial score (nSPS) is 23.5. The number of aliphatic hydroxyl groups excluding tert-OH is 1. The van der Waals surface area contributed by atoms with Crippen molar-refractivity contribution in [2.45, 2.75) is 43.5 Å². The van der Waals surface area contributed by atoms with Crippen molar-refractivity contribution < 1.29 is 13.5 Å². The molecule has 20 heavy (non-hydrogen) atoms. The third-order valence-electron chi connectivity index (χ3n) is 4.09. The summed E-state index contributed by atoms with van der Waals surface area (Å²) in [6.07, 6.45) is 4.46. The molecule has 2 rings (SSSR count). The second kappa shape index (κ2) is 6.59. The van der Waals surface area contributed by atoms with Crippen LogP contribution in [-0.4, -0.2) is 31.9 Å². The number of hydrogen-bond donors (Lipinski definition) is 2. The summed E-state index contributed by atoms with van der Waals surface area (Å²) >= 11 is 0. The first-order chi connectivity index (χ1) is 9.56. The van der Waals surface area contributed by atoms with Crippen molar-refractivity contribution in [1.82, 2.24) is 0 Å². The van der Waals surface area contributed by atoms with Crippen molar-refractivity contribution in [3.05, 3.63) is 24.3 Å². The van der Waals surface area contributed by atoms with Gasteiger partial charge in [-0.1, -0.05) is 19.8 Å². The molecule has 2 atom stereocenters. The van der Waals surface area contributed by atoms with Gasteiger partial charge < -0.3 is 10.4 Å². The Morgan fingerprint density at radius 3 is 2.45 bits per heavy atom. The molecule has 1 aliphatic rings. The molecule has 1 fully saturated rings. The summed E-state index contributed by atoms with van der Waals surface area (Å²) in [5, 5.41) is 12.8. The van der Waals surface area contributed by atoms with Crippen molar-refractivity contribution in [2.24, 2.45) is 5.92 Å². The van der Waals surface area contributed by atoms with Crippen LogP contribution >= 0.6 is 0 Å². The van der Waals surface area contributed by atoms with Gasteiger partial charge in [-0.2, -0.15) is 0 Å². The van der Waals surface area contributed by atoms with Gasteiger partial charge in [-0.3, -0.25) is 0 Å². The Morgan fingerprint density at radius 1 is 1.20 bits per heavy atom. The molecule has 1 aliphatic carbocycles. The Labute approximate surface area is 121 Å². The van der Waals surface area contributed by atoms with E-state index in [2.05, 4.69) is 5.32 Å². The molecular formula is C15H23NO3S. The number of rotatable bonds is 5. The van der Waals surface area contributed by atoms with Gasteiger partial charge in [0.05, 0.1) is 10.6 Å². The van der Waals surface area contributed by atoms with Gasteiger partial charge in [0.25, 0.3) is 0 Å². The predicted molar refractivity (Wildman–Crippen MR) is 80.6 cm³/mol. The third-order valence-corrected chi connectivity index (χ3v) is 5.84. The molecule has 0 heterocycles. The highest BCUT2D eigenvalue weighted by Gasteiger charge is 2.24. The zero-order valence-electron chi connectivity index (χ0n) is 11.9. The van der Waals surface area contributed by atoms with Crippen molar-refractivity contribution in [3.8, 4) is 0 Å². The molecule has 0 aliphatic heterocycles. The van der Waals surface area contributed by atoms with Crippen LogP contribution in [0.3, 0.4) is 0 Å². The maximum atomic E-state index is 11.7. The fourth-order valence-electron chi connectivity index (χ4n) is 2.76. The first kappa shape index (κ1) is 15.3. The van der Waals surface area contributed by atoms with E-state index < -0.39 is 9.84 Å². The molecule has 2 unspecified atom stereocenters. The van der Waals surface area contributed by atoms with Crippen LogP contribution in [0.4, 0.5) is 5.69 Å². The lowest BCUT2D eigenvalue weighted by molar-refractivity contribution is 0.178. The Morgan fingerprint density at radius 2 is 1.85 bits per heavy atom. The summed E-state index contributed by atoms with van der Waals surface area (Å²) in [6, 6.07) is 7.20. The van der Waals surface area contributed by atoms with Crippen LogP contribution in [0.2, 0.25) is 0 Å². The van der Waals surface area contributed by atoms with Crippen LogP contribution < -0.4 is 5.32 Å². The van der Waals surface area contributed by atoms with Gasteiger partial charge in [-0.25, -0.2) is 8.42 Å². The molecule has 2 N–H and O–H groups in total. The Bertz CT molecular complexity index is 525. The topological polar surface area (TPSA) is 66.4 Å². The molecule has 112 valence electrons. The van der Waals surface area contributed by atoms with Crippen molar-refractivity contribution in [1.29, 1.82) is 0 Å². The third kappa shape index (κ3) is 3.52. The lowest BCUT2D eigenvalue weighted by Gasteiger charge is -2.31. The van der Waals surface area contributed by atoms with E-state index in [1.54, 1.807) is 19.1 Å². The number of sulfone groups is 1. The van der Waals surface area contributed by atoms with E-state index in [0.29, 0.717) is 10.8 Å². The number of hydrogen-bond acceptors (Lipinski definition) is 4. The van der Waals surface area contributed by atoms with Crippen LogP contribution in [0, 0.1) is 5.92 Å². The number of anilines is 1. The van der Waals surface area contributed by atoms with Crippen LogP contribution in [-0.2, 0) is 9.84 Å². The van der Waals surface area contributed by atoms with Crippen molar-refractivity contribution in [3.63, 3.8) is 0 Å². The molecule has 5 heteroatoms. The van der Waals surface area contributed by atoms with Gasteiger partial charge in [0.2, 0.25) is 0 Å².